The molecule has 2 aromatic heterocycles. The Kier molecular flexibility index (Phi) is 3.90. The Morgan fingerprint density at radius 1 is 1.37 bits per heavy atom. The molecule has 4 nitrogen and oxygen atoms in total. The second-order valence-corrected chi connectivity index (χ2v) is 4.76. The van der Waals surface area contributed by atoms with Crippen LogP contribution in [0.2, 0.25) is 0 Å². The van der Waals surface area contributed by atoms with Gasteiger partial charge in [-0.05, 0) is 26.8 Å². The molecule has 1 unspecified atom stereocenters. The Bertz CT molecular complexity index is 575. The van der Waals surface area contributed by atoms with Gasteiger partial charge in [-0.25, -0.2) is 0 Å². The molecule has 102 valence electrons. The van der Waals surface area contributed by atoms with Gasteiger partial charge in [0.1, 0.15) is 11.5 Å². The van der Waals surface area contributed by atoms with Crippen LogP contribution in [0, 0.1) is 20.8 Å². The summed E-state index contributed by atoms with van der Waals surface area (Å²) in [7, 11) is 1.65. The van der Waals surface area contributed by atoms with Crippen LogP contribution in [0.4, 0.5) is 0 Å². The lowest BCUT2D eigenvalue weighted by molar-refractivity contribution is 0.176. The molecule has 19 heavy (non-hydrogen) atoms. The van der Waals surface area contributed by atoms with E-state index in [9.17, 15) is 5.11 Å². The summed E-state index contributed by atoms with van der Waals surface area (Å²) in [6.07, 6.45) is 3.19. The van der Waals surface area contributed by atoms with E-state index in [1.54, 1.807) is 19.6 Å². The molecule has 0 saturated heterocycles. The molecule has 2 heterocycles. The van der Waals surface area contributed by atoms with E-state index >= 15 is 0 Å². The standard InChI is InChI=1S/C15H19NO3/c1-9-7-16-13(11(3)15(9)18-4)6-14(17)12-5-10(2)19-8-12/h5,7-8,14,17H,6H2,1-4H3. The highest BCUT2D eigenvalue weighted by molar-refractivity contribution is 5.41. The maximum Gasteiger partial charge on any atom is 0.128 e. The minimum atomic E-state index is -0.615. The predicted octanol–water partition coefficient (Wildman–Crippen LogP) is 2.88. The smallest absolute Gasteiger partial charge is 0.128 e. The van der Waals surface area contributed by atoms with Crippen molar-refractivity contribution < 1.29 is 14.3 Å². The molecular formula is C15H19NO3. The van der Waals surface area contributed by atoms with Crippen molar-refractivity contribution >= 4 is 0 Å². The lowest BCUT2D eigenvalue weighted by Gasteiger charge is -2.14. The molecule has 0 aromatic carbocycles. The number of aromatic nitrogens is 1. The van der Waals surface area contributed by atoms with Gasteiger partial charge in [-0.1, -0.05) is 0 Å². The van der Waals surface area contributed by atoms with Gasteiger partial charge in [-0.2, -0.15) is 0 Å². The Morgan fingerprint density at radius 3 is 2.68 bits per heavy atom. The van der Waals surface area contributed by atoms with E-state index in [-0.39, 0.29) is 0 Å². The predicted molar refractivity (Wildman–Crippen MR) is 72.4 cm³/mol. The average Bonchev–Trinajstić information content (AvgIpc) is 2.80. The van der Waals surface area contributed by atoms with E-state index in [1.165, 1.54) is 0 Å². The number of nitrogens with zero attached hydrogens (tertiary/aromatic N) is 1. The first-order chi connectivity index (χ1) is 9.02. The van der Waals surface area contributed by atoms with Crippen LogP contribution in [0.5, 0.6) is 5.75 Å². The molecule has 1 N–H and O–H groups in total. The average molecular weight is 261 g/mol. The van der Waals surface area contributed by atoms with E-state index in [0.717, 1.165) is 33.9 Å². The van der Waals surface area contributed by atoms with Gasteiger partial charge >= 0.3 is 0 Å². The summed E-state index contributed by atoms with van der Waals surface area (Å²) in [5, 5.41) is 10.2. The number of methoxy groups -OCH3 is 1. The van der Waals surface area contributed by atoms with Gasteiger partial charge < -0.3 is 14.3 Å². The van der Waals surface area contributed by atoms with E-state index in [4.69, 9.17) is 9.15 Å². The van der Waals surface area contributed by atoms with Gasteiger partial charge in [-0.15, -0.1) is 0 Å². The summed E-state index contributed by atoms with van der Waals surface area (Å²) in [6.45, 7) is 5.77. The maximum atomic E-state index is 10.2. The molecule has 0 fully saturated rings. The number of hydrogen-bond acceptors (Lipinski definition) is 4. The number of furan rings is 1. The summed E-state index contributed by atoms with van der Waals surface area (Å²) in [5.74, 6) is 1.63. The zero-order chi connectivity index (χ0) is 14.0. The van der Waals surface area contributed by atoms with Gasteiger partial charge in [0.2, 0.25) is 0 Å². The molecule has 0 saturated carbocycles. The van der Waals surface area contributed by atoms with Crippen molar-refractivity contribution in [2.24, 2.45) is 0 Å². The number of ether oxygens (including phenoxy) is 1. The number of aryl methyl sites for hydroxylation is 2. The highest BCUT2D eigenvalue weighted by Gasteiger charge is 2.16. The largest absolute Gasteiger partial charge is 0.496 e. The molecule has 4 heteroatoms. The Labute approximate surface area is 113 Å². The lowest BCUT2D eigenvalue weighted by Crippen LogP contribution is -2.06. The van der Waals surface area contributed by atoms with E-state index < -0.39 is 6.10 Å². The van der Waals surface area contributed by atoms with Gasteiger partial charge in [0.25, 0.3) is 0 Å². The number of aliphatic hydroxyl groups is 1. The third-order valence-electron chi connectivity index (χ3n) is 3.27. The van der Waals surface area contributed by atoms with Gasteiger partial charge in [0, 0.05) is 35.0 Å². The van der Waals surface area contributed by atoms with Gasteiger partial charge in [-0.3, -0.25) is 4.98 Å². The Balaban J connectivity index is 2.24. The molecule has 1 atom stereocenters. The SMILES string of the molecule is COc1c(C)cnc(CC(O)c2coc(C)c2)c1C. The van der Waals surface area contributed by atoms with Crippen LogP contribution < -0.4 is 4.74 Å². The topological polar surface area (TPSA) is 55.5 Å². The molecule has 0 aliphatic rings. The highest BCUT2D eigenvalue weighted by Crippen LogP contribution is 2.27. The van der Waals surface area contributed by atoms with Crippen LogP contribution in [-0.4, -0.2) is 17.2 Å². The molecule has 0 radical (unpaired) electrons. The zero-order valence-electron chi connectivity index (χ0n) is 11.7. The highest BCUT2D eigenvalue weighted by atomic mass is 16.5. The zero-order valence-corrected chi connectivity index (χ0v) is 11.7. The Hall–Kier alpha value is -1.81. The van der Waals surface area contributed by atoms with Gasteiger partial charge in [0.05, 0.1) is 19.5 Å². The molecule has 0 aliphatic carbocycles. The van der Waals surface area contributed by atoms with Crippen molar-refractivity contribution in [2.75, 3.05) is 7.11 Å². The molecule has 2 aromatic rings. The van der Waals surface area contributed by atoms with Crippen LogP contribution in [0.1, 0.15) is 34.2 Å². The number of pyridine rings is 1. The minimum absolute atomic E-state index is 0.446. The first-order valence-electron chi connectivity index (χ1n) is 6.25. The Morgan fingerprint density at radius 2 is 2.11 bits per heavy atom. The second-order valence-electron chi connectivity index (χ2n) is 4.76. The fourth-order valence-corrected chi connectivity index (χ4v) is 2.22. The van der Waals surface area contributed by atoms with Crippen LogP contribution in [0.25, 0.3) is 0 Å². The first kappa shape index (κ1) is 13.6. The molecule has 0 amide bonds. The van der Waals surface area contributed by atoms with E-state index in [0.29, 0.717) is 6.42 Å². The third-order valence-corrected chi connectivity index (χ3v) is 3.27. The summed E-state index contributed by atoms with van der Waals surface area (Å²) >= 11 is 0. The summed E-state index contributed by atoms with van der Waals surface area (Å²) < 4.78 is 10.6. The van der Waals surface area contributed by atoms with Crippen LogP contribution >= 0.6 is 0 Å². The minimum Gasteiger partial charge on any atom is -0.496 e. The number of aliphatic hydroxyl groups excluding tert-OH is 1. The quantitative estimate of drug-likeness (QED) is 0.919. The fraction of sp³-hybridized carbons (Fsp3) is 0.400. The summed E-state index contributed by atoms with van der Waals surface area (Å²) in [5.41, 5.74) is 3.59. The van der Waals surface area contributed by atoms with Crippen molar-refractivity contribution in [2.45, 2.75) is 33.3 Å². The molecule has 0 bridgehead atoms. The first-order valence-corrected chi connectivity index (χ1v) is 6.25. The maximum absolute atomic E-state index is 10.2. The number of rotatable bonds is 4. The van der Waals surface area contributed by atoms with Crippen molar-refractivity contribution in [1.82, 2.24) is 4.98 Å². The molecule has 2 rings (SSSR count). The molecular weight excluding hydrogens is 242 g/mol. The van der Waals surface area contributed by atoms with Crippen molar-refractivity contribution in [3.05, 3.63) is 46.7 Å². The van der Waals surface area contributed by atoms with Crippen molar-refractivity contribution in [3.8, 4) is 5.75 Å². The lowest BCUT2D eigenvalue weighted by atomic mass is 10.0. The molecule has 0 spiro atoms. The van der Waals surface area contributed by atoms with Crippen molar-refractivity contribution in [3.63, 3.8) is 0 Å². The van der Waals surface area contributed by atoms with E-state index in [1.807, 2.05) is 26.8 Å². The van der Waals surface area contributed by atoms with Crippen LogP contribution in [-0.2, 0) is 6.42 Å². The second kappa shape index (κ2) is 5.45. The van der Waals surface area contributed by atoms with Gasteiger partial charge in [0.15, 0.2) is 0 Å². The van der Waals surface area contributed by atoms with E-state index in [2.05, 4.69) is 4.98 Å². The number of hydrogen-bond donors (Lipinski definition) is 1. The normalized spacial score (nSPS) is 12.5. The monoisotopic (exact) mass is 261 g/mol. The van der Waals surface area contributed by atoms with Crippen LogP contribution in [0.15, 0.2) is 22.9 Å². The molecule has 0 aliphatic heterocycles. The summed E-state index contributed by atoms with van der Waals surface area (Å²) in [6, 6.07) is 1.84. The fourth-order valence-electron chi connectivity index (χ4n) is 2.22. The van der Waals surface area contributed by atoms with Crippen molar-refractivity contribution in [1.29, 1.82) is 0 Å². The third kappa shape index (κ3) is 2.79. The summed E-state index contributed by atoms with van der Waals surface area (Å²) in [4.78, 5) is 4.39. The van der Waals surface area contributed by atoms with Crippen LogP contribution in [0.3, 0.4) is 0 Å².